The maximum atomic E-state index is 5.75. The topological polar surface area (TPSA) is 60.0 Å². The number of likely N-dealkylation sites (tertiary alicyclic amines) is 1. The first-order chi connectivity index (χ1) is 9.13. The molecule has 0 radical (unpaired) electrons. The SMILES string of the molecule is Cc1nc(N)sc1-c1ccn(C2CCN(C)CC2)n1. The summed E-state index contributed by atoms with van der Waals surface area (Å²) in [6.45, 7) is 4.27. The van der Waals surface area contributed by atoms with Crippen LogP contribution in [0.25, 0.3) is 10.6 Å². The molecular formula is C13H19N5S. The summed E-state index contributed by atoms with van der Waals surface area (Å²) in [5.74, 6) is 0. The molecule has 3 rings (SSSR count). The monoisotopic (exact) mass is 277 g/mol. The van der Waals surface area contributed by atoms with Crippen LogP contribution in [0, 0.1) is 6.92 Å². The van der Waals surface area contributed by atoms with E-state index in [1.54, 1.807) is 0 Å². The molecule has 0 spiro atoms. The van der Waals surface area contributed by atoms with E-state index in [0.29, 0.717) is 11.2 Å². The Morgan fingerprint density at radius 1 is 1.37 bits per heavy atom. The number of hydrogen-bond donors (Lipinski definition) is 1. The molecule has 6 heteroatoms. The van der Waals surface area contributed by atoms with Crippen molar-refractivity contribution in [2.24, 2.45) is 0 Å². The van der Waals surface area contributed by atoms with Crippen molar-refractivity contribution < 1.29 is 0 Å². The molecule has 0 saturated carbocycles. The molecule has 5 nitrogen and oxygen atoms in total. The quantitative estimate of drug-likeness (QED) is 0.914. The van der Waals surface area contributed by atoms with Gasteiger partial charge >= 0.3 is 0 Å². The van der Waals surface area contributed by atoms with Crippen LogP contribution in [-0.4, -0.2) is 39.8 Å². The molecule has 0 aromatic carbocycles. The average molecular weight is 277 g/mol. The van der Waals surface area contributed by atoms with E-state index >= 15 is 0 Å². The zero-order valence-corrected chi connectivity index (χ0v) is 12.2. The fraction of sp³-hybridized carbons (Fsp3) is 0.538. The molecule has 0 aliphatic carbocycles. The molecule has 1 aliphatic rings. The van der Waals surface area contributed by atoms with Gasteiger partial charge in [0.05, 0.1) is 16.6 Å². The van der Waals surface area contributed by atoms with Gasteiger partial charge in [-0.05, 0) is 46.0 Å². The molecule has 19 heavy (non-hydrogen) atoms. The van der Waals surface area contributed by atoms with Gasteiger partial charge in [-0.15, -0.1) is 0 Å². The summed E-state index contributed by atoms with van der Waals surface area (Å²) < 4.78 is 2.11. The lowest BCUT2D eigenvalue weighted by Crippen LogP contribution is -2.31. The normalized spacial score (nSPS) is 18.0. The van der Waals surface area contributed by atoms with Crippen molar-refractivity contribution in [1.82, 2.24) is 19.7 Å². The second kappa shape index (κ2) is 4.94. The summed E-state index contributed by atoms with van der Waals surface area (Å²) in [6, 6.07) is 2.59. The number of nitrogens with two attached hydrogens (primary N) is 1. The van der Waals surface area contributed by atoms with Crippen molar-refractivity contribution in [3.63, 3.8) is 0 Å². The van der Waals surface area contributed by atoms with E-state index in [4.69, 9.17) is 10.8 Å². The standard InChI is InChI=1S/C13H19N5S/c1-9-12(19-13(14)15-9)11-5-8-18(16-11)10-3-6-17(2)7-4-10/h5,8,10H,3-4,6-7H2,1-2H3,(H2,14,15). The Hall–Kier alpha value is -1.40. The molecule has 2 aromatic rings. The van der Waals surface area contributed by atoms with E-state index in [1.165, 1.54) is 24.2 Å². The van der Waals surface area contributed by atoms with Crippen LogP contribution in [-0.2, 0) is 0 Å². The van der Waals surface area contributed by atoms with E-state index in [-0.39, 0.29) is 0 Å². The lowest BCUT2D eigenvalue weighted by Gasteiger charge is -2.28. The van der Waals surface area contributed by atoms with Gasteiger partial charge < -0.3 is 10.6 Å². The smallest absolute Gasteiger partial charge is 0.180 e. The molecule has 3 heterocycles. The molecule has 1 saturated heterocycles. The van der Waals surface area contributed by atoms with Crippen LogP contribution >= 0.6 is 11.3 Å². The lowest BCUT2D eigenvalue weighted by atomic mass is 10.1. The van der Waals surface area contributed by atoms with Crippen molar-refractivity contribution in [2.45, 2.75) is 25.8 Å². The van der Waals surface area contributed by atoms with E-state index in [9.17, 15) is 0 Å². The number of hydrogen-bond acceptors (Lipinski definition) is 5. The zero-order valence-electron chi connectivity index (χ0n) is 11.3. The van der Waals surface area contributed by atoms with Crippen LogP contribution in [0.3, 0.4) is 0 Å². The van der Waals surface area contributed by atoms with Crippen molar-refractivity contribution in [3.05, 3.63) is 18.0 Å². The van der Waals surface area contributed by atoms with Crippen LogP contribution in [0.5, 0.6) is 0 Å². The number of rotatable bonds is 2. The van der Waals surface area contributed by atoms with Gasteiger partial charge in [0.15, 0.2) is 5.13 Å². The molecule has 0 bridgehead atoms. The van der Waals surface area contributed by atoms with E-state index < -0.39 is 0 Å². The highest BCUT2D eigenvalue weighted by Gasteiger charge is 2.20. The van der Waals surface area contributed by atoms with Crippen LogP contribution in [0.1, 0.15) is 24.6 Å². The minimum atomic E-state index is 0.524. The third kappa shape index (κ3) is 2.50. The molecule has 0 amide bonds. The number of aromatic nitrogens is 3. The Kier molecular flexibility index (Phi) is 3.28. The summed E-state index contributed by atoms with van der Waals surface area (Å²) in [5.41, 5.74) is 7.71. The van der Waals surface area contributed by atoms with Crippen LogP contribution in [0.2, 0.25) is 0 Å². The van der Waals surface area contributed by atoms with Crippen molar-refractivity contribution in [2.75, 3.05) is 25.9 Å². The summed E-state index contributed by atoms with van der Waals surface area (Å²) in [7, 11) is 2.17. The number of nitrogen functional groups attached to an aromatic ring is 1. The van der Waals surface area contributed by atoms with Gasteiger partial charge in [0.2, 0.25) is 0 Å². The van der Waals surface area contributed by atoms with Crippen molar-refractivity contribution >= 4 is 16.5 Å². The number of thiazole rings is 1. The number of anilines is 1. The largest absolute Gasteiger partial charge is 0.375 e. The minimum absolute atomic E-state index is 0.524. The van der Waals surface area contributed by atoms with Crippen molar-refractivity contribution in [1.29, 1.82) is 0 Å². The van der Waals surface area contributed by atoms with Gasteiger partial charge in [0.1, 0.15) is 5.69 Å². The predicted octanol–water partition coefficient (Wildman–Crippen LogP) is 2.16. The number of piperidine rings is 1. The molecule has 2 N–H and O–H groups in total. The third-order valence-electron chi connectivity index (χ3n) is 3.72. The summed E-state index contributed by atoms with van der Waals surface area (Å²) >= 11 is 1.51. The highest BCUT2D eigenvalue weighted by atomic mass is 32.1. The highest BCUT2D eigenvalue weighted by Crippen LogP contribution is 2.31. The number of aryl methyl sites for hydroxylation is 1. The van der Waals surface area contributed by atoms with Gasteiger partial charge in [0, 0.05) is 6.20 Å². The molecule has 102 valence electrons. The van der Waals surface area contributed by atoms with E-state index in [0.717, 1.165) is 29.4 Å². The van der Waals surface area contributed by atoms with Gasteiger partial charge in [-0.2, -0.15) is 5.10 Å². The Morgan fingerprint density at radius 2 is 2.11 bits per heavy atom. The molecular weight excluding hydrogens is 258 g/mol. The Bertz CT molecular complexity index is 565. The fourth-order valence-electron chi connectivity index (χ4n) is 2.58. The van der Waals surface area contributed by atoms with Crippen LogP contribution in [0.15, 0.2) is 12.3 Å². The second-order valence-electron chi connectivity index (χ2n) is 5.18. The van der Waals surface area contributed by atoms with Gasteiger partial charge in [-0.1, -0.05) is 11.3 Å². The second-order valence-corrected chi connectivity index (χ2v) is 6.21. The summed E-state index contributed by atoms with van der Waals surface area (Å²) in [4.78, 5) is 7.72. The van der Waals surface area contributed by atoms with E-state index in [2.05, 4.69) is 33.9 Å². The Morgan fingerprint density at radius 3 is 2.74 bits per heavy atom. The molecule has 1 aliphatic heterocycles. The minimum Gasteiger partial charge on any atom is -0.375 e. The van der Waals surface area contributed by atoms with Crippen LogP contribution in [0.4, 0.5) is 5.13 Å². The lowest BCUT2D eigenvalue weighted by molar-refractivity contribution is 0.212. The first kappa shape index (κ1) is 12.6. The summed E-state index contributed by atoms with van der Waals surface area (Å²) in [6.07, 6.45) is 4.42. The highest BCUT2D eigenvalue weighted by molar-refractivity contribution is 7.18. The number of nitrogens with zero attached hydrogens (tertiary/aromatic N) is 4. The Labute approximate surface area is 117 Å². The molecule has 0 atom stereocenters. The predicted molar refractivity (Wildman–Crippen MR) is 78.3 cm³/mol. The van der Waals surface area contributed by atoms with Gasteiger partial charge in [-0.25, -0.2) is 4.98 Å². The third-order valence-corrected chi connectivity index (χ3v) is 4.73. The first-order valence-electron chi connectivity index (χ1n) is 6.60. The average Bonchev–Trinajstić information content (AvgIpc) is 2.97. The maximum Gasteiger partial charge on any atom is 0.180 e. The molecule has 1 fully saturated rings. The fourth-order valence-corrected chi connectivity index (χ4v) is 3.38. The van der Waals surface area contributed by atoms with Crippen molar-refractivity contribution in [3.8, 4) is 10.6 Å². The Balaban J connectivity index is 1.81. The van der Waals surface area contributed by atoms with Gasteiger partial charge in [0.25, 0.3) is 0 Å². The zero-order chi connectivity index (χ0) is 13.4. The van der Waals surface area contributed by atoms with Crippen LogP contribution < -0.4 is 5.73 Å². The molecule has 0 unspecified atom stereocenters. The molecule has 2 aromatic heterocycles. The summed E-state index contributed by atoms with van der Waals surface area (Å²) in [5, 5.41) is 5.33. The first-order valence-corrected chi connectivity index (χ1v) is 7.42. The van der Waals surface area contributed by atoms with Gasteiger partial charge in [-0.3, -0.25) is 4.68 Å². The maximum absolute atomic E-state index is 5.75. The van der Waals surface area contributed by atoms with E-state index in [1.807, 2.05) is 6.92 Å².